The Balaban J connectivity index is 2.08. The van der Waals surface area contributed by atoms with Gasteiger partial charge in [-0.1, -0.05) is 0 Å². The van der Waals surface area contributed by atoms with Crippen LogP contribution in [0.4, 0.5) is 5.82 Å². The summed E-state index contributed by atoms with van der Waals surface area (Å²) in [4.78, 5) is 22.5. The molecule has 0 saturated heterocycles. The first-order chi connectivity index (χ1) is 7.75. The lowest BCUT2D eigenvalue weighted by molar-refractivity contribution is 1.07. The van der Waals surface area contributed by atoms with Crippen molar-refractivity contribution in [2.45, 2.75) is 11.8 Å². The lowest BCUT2D eigenvalue weighted by Gasteiger charge is -2.05. The molecule has 0 aliphatic rings. The van der Waals surface area contributed by atoms with E-state index in [-0.39, 0.29) is 5.56 Å². The smallest absolute Gasteiger partial charge is 0.248 e. The average molecular weight is 234 g/mol. The standard InChI is InChI=1S/C10H10N4OS/c1-7-8(2-3-10(15)13-7)16-14-9-4-5-11-6-12-9/h2-6H,1H3,(H,13,15)(H,11,12,14). The molecule has 0 amide bonds. The number of anilines is 1. The van der Waals surface area contributed by atoms with Crippen molar-refractivity contribution in [2.75, 3.05) is 4.72 Å². The van der Waals surface area contributed by atoms with Crippen molar-refractivity contribution in [3.05, 3.63) is 46.8 Å². The SMILES string of the molecule is Cc1[nH]c(=O)ccc1SNc1ccncn1. The molecule has 2 rings (SSSR count). The predicted octanol–water partition coefficient (Wildman–Crippen LogP) is 1.59. The molecule has 5 nitrogen and oxygen atoms in total. The highest BCUT2D eigenvalue weighted by Gasteiger charge is 2.00. The summed E-state index contributed by atoms with van der Waals surface area (Å²) < 4.78 is 3.06. The number of aromatic amines is 1. The molecule has 0 bridgehead atoms. The third-order valence-corrected chi connectivity index (χ3v) is 2.89. The van der Waals surface area contributed by atoms with Gasteiger partial charge in [0.1, 0.15) is 12.1 Å². The number of aromatic nitrogens is 3. The van der Waals surface area contributed by atoms with Gasteiger partial charge in [0, 0.05) is 22.9 Å². The van der Waals surface area contributed by atoms with E-state index in [2.05, 4.69) is 19.7 Å². The molecule has 2 aromatic heterocycles. The third-order valence-electron chi connectivity index (χ3n) is 1.91. The van der Waals surface area contributed by atoms with Crippen LogP contribution in [-0.2, 0) is 0 Å². The molecule has 0 unspecified atom stereocenters. The van der Waals surface area contributed by atoms with E-state index < -0.39 is 0 Å². The zero-order chi connectivity index (χ0) is 11.4. The van der Waals surface area contributed by atoms with Gasteiger partial charge in [0.25, 0.3) is 0 Å². The second kappa shape index (κ2) is 4.80. The van der Waals surface area contributed by atoms with E-state index in [0.717, 1.165) is 16.4 Å². The van der Waals surface area contributed by atoms with Gasteiger partial charge in [-0.05, 0) is 31.0 Å². The quantitative estimate of drug-likeness (QED) is 0.789. The molecular weight excluding hydrogens is 224 g/mol. The van der Waals surface area contributed by atoms with Crippen molar-refractivity contribution in [1.82, 2.24) is 15.0 Å². The largest absolute Gasteiger partial charge is 0.325 e. The number of pyridine rings is 1. The highest BCUT2D eigenvalue weighted by Crippen LogP contribution is 2.20. The Morgan fingerprint density at radius 3 is 2.94 bits per heavy atom. The first kappa shape index (κ1) is 10.7. The van der Waals surface area contributed by atoms with E-state index in [9.17, 15) is 4.79 Å². The van der Waals surface area contributed by atoms with Crippen LogP contribution in [0.3, 0.4) is 0 Å². The van der Waals surface area contributed by atoms with Gasteiger partial charge in [-0.15, -0.1) is 0 Å². The van der Waals surface area contributed by atoms with Gasteiger partial charge in [-0.25, -0.2) is 9.97 Å². The van der Waals surface area contributed by atoms with E-state index in [1.807, 2.05) is 6.92 Å². The second-order valence-electron chi connectivity index (χ2n) is 3.11. The zero-order valence-corrected chi connectivity index (χ0v) is 9.41. The minimum absolute atomic E-state index is 0.0936. The summed E-state index contributed by atoms with van der Waals surface area (Å²) in [6.45, 7) is 1.85. The number of hydrogen-bond donors (Lipinski definition) is 2. The number of H-pyrrole nitrogens is 1. The highest BCUT2D eigenvalue weighted by atomic mass is 32.2. The molecule has 0 fully saturated rings. The van der Waals surface area contributed by atoms with Crippen molar-refractivity contribution >= 4 is 17.8 Å². The molecule has 0 radical (unpaired) electrons. The first-order valence-electron chi connectivity index (χ1n) is 4.64. The van der Waals surface area contributed by atoms with Crippen LogP contribution in [-0.4, -0.2) is 15.0 Å². The Kier molecular flexibility index (Phi) is 3.21. The van der Waals surface area contributed by atoms with Crippen molar-refractivity contribution in [1.29, 1.82) is 0 Å². The minimum atomic E-state index is -0.0936. The number of aryl methyl sites for hydroxylation is 1. The Morgan fingerprint density at radius 1 is 1.38 bits per heavy atom. The summed E-state index contributed by atoms with van der Waals surface area (Å²) in [5.41, 5.74) is 0.739. The van der Waals surface area contributed by atoms with Crippen LogP contribution in [0.2, 0.25) is 0 Å². The Morgan fingerprint density at radius 2 is 2.25 bits per heavy atom. The van der Waals surface area contributed by atoms with Crippen LogP contribution in [0.25, 0.3) is 0 Å². The normalized spacial score (nSPS) is 10.1. The molecule has 82 valence electrons. The number of nitrogens with one attached hydrogen (secondary N) is 2. The van der Waals surface area contributed by atoms with Crippen molar-refractivity contribution in [2.24, 2.45) is 0 Å². The van der Waals surface area contributed by atoms with Gasteiger partial charge < -0.3 is 9.71 Å². The molecule has 16 heavy (non-hydrogen) atoms. The highest BCUT2D eigenvalue weighted by molar-refractivity contribution is 8.00. The monoisotopic (exact) mass is 234 g/mol. The van der Waals surface area contributed by atoms with E-state index in [4.69, 9.17) is 0 Å². The summed E-state index contributed by atoms with van der Waals surface area (Å²) in [7, 11) is 0. The van der Waals surface area contributed by atoms with Crippen molar-refractivity contribution < 1.29 is 0 Å². The number of hydrogen-bond acceptors (Lipinski definition) is 5. The van der Waals surface area contributed by atoms with E-state index in [0.29, 0.717) is 0 Å². The first-order valence-corrected chi connectivity index (χ1v) is 5.46. The predicted molar refractivity (Wildman–Crippen MR) is 63.3 cm³/mol. The summed E-state index contributed by atoms with van der Waals surface area (Å²) in [5, 5.41) is 0. The lowest BCUT2D eigenvalue weighted by Crippen LogP contribution is -2.05. The van der Waals surface area contributed by atoms with Crippen LogP contribution in [0.1, 0.15) is 5.69 Å². The van der Waals surface area contributed by atoms with Crippen LogP contribution >= 0.6 is 11.9 Å². The molecule has 0 saturated carbocycles. The Labute approximate surface area is 96.5 Å². The van der Waals surface area contributed by atoms with Gasteiger partial charge in [-0.3, -0.25) is 4.79 Å². The Hall–Kier alpha value is -1.82. The number of rotatable bonds is 3. The van der Waals surface area contributed by atoms with Crippen LogP contribution in [0.5, 0.6) is 0 Å². The fourth-order valence-electron chi connectivity index (χ4n) is 1.13. The van der Waals surface area contributed by atoms with Crippen molar-refractivity contribution in [3.8, 4) is 0 Å². The second-order valence-corrected chi connectivity index (χ2v) is 3.96. The lowest BCUT2D eigenvalue weighted by atomic mass is 10.4. The fourth-order valence-corrected chi connectivity index (χ4v) is 1.81. The van der Waals surface area contributed by atoms with Gasteiger partial charge in [0.15, 0.2) is 0 Å². The zero-order valence-electron chi connectivity index (χ0n) is 8.60. The molecule has 0 aliphatic carbocycles. The summed E-state index contributed by atoms with van der Waals surface area (Å²) in [6.07, 6.45) is 3.14. The van der Waals surface area contributed by atoms with Gasteiger partial charge in [0.2, 0.25) is 5.56 Å². The molecule has 0 aromatic carbocycles. The summed E-state index contributed by atoms with van der Waals surface area (Å²) in [5.74, 6) is 0.727. The average Bonchev–Trinajstić information content (AvgIpc) is 2.29. The molecule has 2 aromatic rings. The van der Waals surface area contributed by atoms with Crippen molar-refractivity contribution in [3.63, 3.8) is 0 Å². The third kappa shape index (κ3) is 2.60. The van der Waals surface area contributed by atoms with Crippen LogP contribution in [0, 0.1) is 6.92 Å². The van der Waals surface area contributed by atoms with E-state index in [1.54, 1.807) is 18.3 Å². The fraction of sp³-hybridized carbons (Fsp3) is 0.100. The van der Waals surface area contributed by atoms with Crippen LogP contribution < -0.4 is 10.3 Å². The molecule has 6 heteroatoms. The summed E-state index contributed by atoms with van der Waals surface area (Å²) >= 11 is 1.40. The molecule has 0 atom stereocenters. The maximum absolute atomic E-state index is 11.0. The molecule has 2 N–H and O–H groups in total. The van der Waals surface area contributed by atoms with Gasteiger partial charge in [-0.2, -0.15) is 0 Å². The van der Waals surface area contributed by atoms with Gasteiger partial charge in [0.05, 0.1) is 0 Å². The Bertz CT molecular complexity index is 526. The molecule has 0 spiro atoms. The topological polar surface area (TPSA) is 70.7 Å². The number of nitrogens with zero attached hydrogens (tertiary/aromatic N) is 2. The minimum Gasteiger partial charge on any atom is -0.325 e. The van der Waals surface area contributed by atoms with Gasteiger partial charge >= 0.3 is 0 Å². The molecular formula is C10H10N4OS. The molecule has 2 heterocycles. The summed E-state index contributed by atoms with van der Waals surface area (Å²) in [6, 6.07) is 5.04. The maximum atomic E-state index is 11.0. The van der Waals surface area contributed by atoms with E-state index >= 15 is 0 Å². The molecule has 0 aliphatic heterocycles. The maximum Gasteiger partial charge on any atom is 0.248 e. The van der Waals surface area contributed by atoms with Crippen LogP contribution in [0.15, 0.2) is 40.4 Å². The van der Waals surface area contributed by atoms with E-state index in [1.165, 1.54) is 24.3 Å².